The van der Waals surface area contributed by atoms with Crippen molar-refractivity contribution in [3.05, 3.63) is 60.2 Å². The fraction of sp³-hybridized carbons (Fsp3) is 0.188. The first-order chi connectivity index (χ1) is 10.5. The molecule has 22 heavy (non-hydrogen) atoms. The van der Waals surface area contributed by atoms with Gasteiger partial charge in [-0.25, -0.2) is 13.6 Å². The Balaban J connectivity index is 1.76. The molecular formula is C16H16F2N2O2. The Bertz CT molecular complexity index is 615. The Morgan fingerprint density at radius 3 is 2.18 bits per heavy atom. The molecule has 0 aliphatic carbocycles. The third-order valence-electron chi connectivity index (χ3n) is 2.95. The average Bonchev–Trinajstić information content (AvgIpc) is 2.51. The molecule has 6 heteroatoms. The molecule has 1 N–H and O–H groups in total. The van der Waals surface area contributed by atoms with Crippen molar-refractivity contribution in [3.8, 4) is 5.75 Å². The van der Waals surface area contributed by atoms with Gasteiger partial charge >= 0.3 is 6.03 Å². The lowest BCUT2D eigenvalue weighted by Gasteiger charge is -2.18. The van der Waals surface area contributed by atoms with Crippen molar-refractivity contribution in [1.29, 1.82) is 0 Å². The molecule has 0 unspecified atom stereocenters. The summed E-state index contributed by atoms with van der Waals surface area (Å²) in [5, 5.41) is 2.64. The van der Waals surface area contributed by atoms with E-state index in [2.05, 4.69) is 5.32 Å². The lowest BCUT2D eigenvalue weighted by atomic mass is 10.3. The second kappa shape index (κ2) is 7.40. The van der Waals surface area contributed by atoms with Gasteiger partial charge in [0.05, 0.1) is 6.54 Å². The van der Waals surface area contributed by atoms with E-state index < -0.39 is 0 Å². The largest absolute Gasteiger partial charge is 0.492 e. The second-order valence-electron chi connectivity index (χ2n) is 4.66. The average molecular weight is 306 g/mol. The molecule has 0 fully saturated rings. The molecule has 0 aliphatic heterocycles. The number of nitrogens with one attached hydrogen (secondary N) is 1. The number of ether oxygens (including phenoxy) is 1. The summed E-state index contributed by atoms with van der Waals surface area (Å²) in [5.41, 5.74) is 0.512. The van der Waals surface area contributed by atoms with Gasteiger partial charge in [0.15, 0.2) is 0 Å². The van der Waals surface area contributed by atoms with Gasteiger partial charge in [-0.1, -0.05) is 0 Å². The first kappa shape index (κ1) is 15.8. The summed E-state index contributed by atoms with van der Waals surface area (Å²) in [5.74, 6) is -0.157. The molecule has 0 saturated carbocycles. The van der Waals surface area contributed by atoms with Gasteiger partial charge in [-0.2, -0.15) is 0 Å². The van der Waals surface area contributed by atoms with Crippen LogP contribution in [-0.2, 0) is 0 Å². The standard InChI is InChI=1S/C16H16F2N2O2/c1-20(10-11-22-15-8-4-13(18)5-9-15)16(21)19-14-6-2-12(17)3-7-14/h2-9H,10-11H2,1H3,(H,19,21). The van der Waals surface area contributed by atoms with Crippen LogP contribution in [0.3, 0.4) is 0 Å². The third kappa shape index (κ3) is 4.73. The Morgan fingerprint density at radius 2 is 1.59 bits per heavy atom. The maximum absolute atomic E-state index is 12.8. The fourth-order valence-corrected chi connectivity index (χ4v) is 1.68. The lowest BCUT2D eigenvalue weighted by Crippen LogP contribution is -2.34. The minimum absolute atomic E-state index is 0.277. The molecule has 4 nitrogen and oxygen atoms in total. The number of amides is 2. The van der Waals surface area contributed by atoms with Crippen LogP contribution in [0.5, 0.6) is 5.75 Å². The highest BCUT2D eigenvalue weighted by atomic mass is 19.1. The predicted molar refractivity (Wildman–Crippen MR) is 79.9 cm³/mol. The van der Waals surface area contributed by atoms with E-state index >= 15 is 0 Å². The number of hydrogen-bond acceptors (Lipinski definition) is 2. The van der Waals surface area contributed by atoms with Crippen molar-refractivity contribution in [2.24, 2.45) is 0 Å². The molecule has 0 aromatic heterocycles. The highest BCUT2D eigenvalue weighted by Gasteiger charge is 2.08. The van der Waals surface area contributed by atoms with Crippen LogP contribution >= 0.6 is 0 Å². The number of rotatable bonds is 5. The van der Waals surface area contributed by atoms with E-state index in [1.54, 1.807) is 7.05 Å². The quantitative estimate of drug-likeness (QED) is 0.918. The van der Waals surface area contributed by atoms with Crippen molar-refractivity contribution in [2.75, 3.05) is 25.5 Å². The Labute approximate surface area is 127 Å². The summed E-state index contributed by atoms with van der Waals surface area (Å²) in [6.07, 6.45) is 0. The number of benzene rings is 2. The van der Waals surface area contributed by atoms with Crippen LogP contribution < -0.4 is 10.1 Å². The van der Waals surface area contributed by atoms with E-state index in [0.717, 1.165) is 0 Å². The van der Waals surface area contributed by atoms with Gasteiger partial charge in [-0.05, 0) is 48.5 Å². The maximum Gasteiger partial charge on any atom is 0.321 e. The molecular weight excluding hydrogens is 290 g/mol. The number of hydrogen-bond donors (Lipinski definition) is 1. The number of nitrogens with zero attached hydrogens (tertiary/aromatic N) is 1. The SMILES string of the molecule is CN(CCOc1ccc(F)cc1)C(=O)Nc1ccc(F)cc1. The van der Waals surface area contributed by atoms with Crippen LogP contribution in [0.2, 0.25) is 0 Å². The molecule has 0 atom stereocenters. The zero-order valence-electron chi connectivity index (χ0n) is 12.1. The van der Waals surface area contributed by atoms with Crippen molar-refractivity contribution in [1.82, 2.24) is 4.90 Å². The molecule has 2 amide bonds. The van der Waals surface area contributed by atoms with Crippen LogP contribution in [0.4, 0.5) is 19.3 Å². The number of likely N-dealkylation sites (N-methyl/N-ethyl adjacent to an activating group) is 1. The Hall–Kier alpha value is -2.63. The number of halogens is 2. The first-order valence-corrected chi connectivity index (χ1v) is 6.70. The number of anilines is 1. The van der Waals surface area contributed by atoms with Gasteiger partial charge in [0.25, 0.3) is 0 Å². The highest BCUT2D eigenvalue weighted by Crippen LogP contribution is 2.11. The zero-order valence-corrected chi connectivity index (χ0v) is 12.1. The van der Waals surface area contributed by atoms with Crippen LogP contribution in [0, 0.1) is 11.6 Å². The molecule has 0 bridgehead atoms. The van der Waals surface area contributed by atoms with Crippen molar-refractivity contribution in [2.45, 2.75) is 0 Å². The summed E-state index contributed by atoms with van der Waals surface area (Å²) in [6.45, 7) is 0.628. The summed E-state index contributed by atoms with van der Waals surface area (Å²) in [4.78, 5) is 13.3. The Kier molecular flexibility index (Phi) is 5.30. The third-order valence-corrected chi connectivity index (χ3v) is 2.95. The summed E-state index contributed by atoms with van der Waals surface area (Å²) < 4.78 is 30.9. The van der Waals surface area contributed by atoms with Crippen LogP contribution in [0.15, 0.2) is 48.5 Å². The minimum Gasteiger partial charge on any atom is -0.492 e. The molecule has 2 rings (SSSR count). The fourth-order valence-electron chi connectivity index (χ4n) is 1.68. The van der Waals surface area contributed by atoms with E-state index in [9.17, 15) is 13.6 Å². The lowest BCUT2D eigenvalue weighted by molar-refractivity contribution is 0.207. The smallest absolute Gasteiger partial charge is 0.321 e. The van der Waals surface area contributed by atoms with Gasteiger partial charge in [-0.3, -0.25) is 0 Å². The Morgan fingerprint density at radius 1 is 1.05 bits per heavy atom. The molecule has 2 aromatic carbocycles. The van der Waals surface area contributed by atoms with E-state index in [0.29, 0.717) is 18.0 Å². The molecule has 0 heterocycles. The van der Waals surface area contributed by atoms with Gasteiger partial charge < -0.3 is 15.0 Å². The molecule has 0 saturated heterocycles. The summed E-state index contributed by atoms with van der Waals surface area (Å²) in [6, 6.07) is 10.8. The second-order valence-corrected chi connectivity index (χ2v) is 4.66. The highest BCUT2D eigenvalue weighted by molar-refractivity contribution is 5.89. The zero-order chi connectivity index (χ0) is 15.9. The minimum atomic E-state index is -0.362. The predicted octanol–water partition coefficient (Wildman–Crippen LogP) is 3.51. The molecule has 0 aliphatic rings. The summed E-state index contributed by atoms with van der Waals surface area (Å²) in [7, 11) is 1.62. The molecule has 116 valence electrons. The van der Waals surface area contributed by atoms with E-state index in [1.807, 2.05) is 0 Å². The maximum atomic E-state index is 12.8. The number of carbonyl (C=O) groups excluding carboxylic acids is 1. The van der Waals surface area contributed by atoms with E-state index in [-0.39, 0.29) is 24.3 Å². The molecule has 0 spiro atoms. The monoisotopic (exact) mass is 306 g/mol. The number of urea groups is 1. The van der Waals surface area contributed by atoms with E-state index in [4.69, 9.17) is 4.74 Å². The molecule has 0 radical (unpaired) electrons. The van der Waals surface area contributed by atoms with Crippen LogP contribution in [0.1, 0.15) is 0 Å². The van der Waals surface area contributed by atoms with Gasteiger partial charge in [0.1, 0.15) is 24.0 Å². The van der Waals surface area contributed by atoms with E-state index in [1.165, 1.54) is 53.4 Å². The van der Waals surface area contributed by atoms with Crippen molar-refractivity contribution in [3.63, 3.8) is 0 Å². The van der Waals surface area contributed by atoms with Crippen molar-refractivity contribution >= 4 is 11.7 Å². The number of carbonyl (C=O) groups is 1. The summed E-state index contributed by atoms with van der Waals surface area (Å²) >= 11 is 0. The van der Waals surface area contributed by atoms with Crippen LogP contribution in [-0.4, -0.2) is 31.1 Å². The van der Waals surface area contributed by atoms with Gasteiger partial charge in [0.2, 0.25) is 0 Å². The normalized spacial score (nSPS) is 10.1. The van der Waals surface area contributed by atoms with Crippen LogP contribution in [0.25, 0.3) is 0 Å². The van der Waals surface area contributed by atoms with Crippen molar-refractivity contribution < 1.29 is 18.3 Å². The molecule has 2 aromatic rings. The van der Waals surface area contributed by atoms with Gasteiger partial charge in [0, 0.05) is 12.7 Å². The van der Waals surface area contributed by atoms with Gasteiger partial charge in [-0.15, -0.1) is 0 Å². The topological polar surface area (TPSA) is 41.6 Å². The first-order valence-electron chi connectivity index (χ1n) is 6.70.